The van der Waals surface area contributed by atoms with Crippen LogP contribution < -0.4 is 5.32 Å². The highest BCUT2D eigenvalue weighted by Gasteiger charge is 2.53. The van der Waals surface area contributed by atoms with E-state index in [9.17, 15) is 38.1 Å². The largest absolute Gasteiger partial charge is 0.465 e. The van der Waals surface area contributed by atoms with E-state index in [1.807, 2.05) is 33.8 Å². The number of anilines is 2. The number of carboxylic acid groups (broad SMARTS) is 1. The number of β-amino-alcohol motifs (C(OH)–C–C–N with tert-alkyl or cyclic N) is 1. The van der Waals surface area contributed by atoms with Crippen LogP contribution in [0.2, 0.25) is 0 Å². The molecule has 0 bridgehead atoms. The second-order valence-corrected chi connectivity index (χ2v) is 13.9. The molecule has 3 unspecified atom stereocenters. The van der Waals surface area contributed by atoms with Gasteiger partial charge in [0.05, 0.1) is 42.2 Å². The topological polar surface area (TPSA) is 132 Å². The Bertz CT molecular complexity index is 1560. The molecule has 2 aromatic carbocycles. The third-order valence-electron chi connectivity index (χ3n) is 9.95. The molecular formula is C38H52F3N3O7. The Balaban J connectivity index is 0.000000271. The predicted octanol–water partition coefficient (Wildman–Crippen LogP) is 7.84. The average Bonchev–Trinajstić information content (AvgIpc) is 3.37. The molecule has 6 rings (SSSR count). The van der Waals surface area contributed by atoms with Crippen molar-refractivity contribution >= 4 is 23.4 Å². The minimum absolute atomic E-state index is 0.0103. The molecule has 2 aliphatic carbocycles. The standard InChI is InChI=1S/C23H24F3N3O4.C13H22O3.C2H6/c1-13-5-8-17(16(25)10-13)27-20-14(6-7-15(24)19(20)26)21(30)28-11-23(33,12-28)18-4-2-3-9-29(18)22(31)32;1-10-8-11(2)13(14,9-10)16-15-12-6-4-3-5-7-12;1-2/h5-8,10,18,27,33H,2-4,9,11-12H2,1H3,(H,31,32);8,11-12,14H,3-7,9H2,1-2H3;1-2H3. The minimum atomic E-state index is -1.43. The molecule has 13 heteroatoms. The lowest BCUT2D eigenvalue weighted by Crippen LogP contribution is -2.72. The van der Waals surface area contributed by atoms with Crippen molar-refractivity contribution in [2.45, 2.75) is 116 Å². The fraction of sp³-hybridized carbons (Fsp3) is 0.579. The van der Waals surface area contributed by atoms with Gasteiger partial charge in [-0.1, -0.05) is 57.7 Å². The van der Waals surface area contributed by atoms with Crippen LogP contribution in [-0.2, 0) is 9.78 Å². The summed E-state index contributed by atoms with van der Waals surface area (Å²) in [5, 5.41) is 33.2. The Labute approximate surface area is 298 Å². The van der Waals surface area contributed by atoms with E-state index in [4.69, 9.17) is 9.78 Å². The maximum Gasteiger partial charge on any atom is 0.407 e. The zero-order chi connectivity index (χ0) is 37.5. The Morgan fingerprint density at radius 1 is 0.922 bits per heavy atom. The van der Waals surface area contributed by atoms with Gasteiger partial charge in [-0.05, 0) is 75.8 Å². The summed E-state index contributed by atoms with van der Waals surface area (Å²) >= 11 is 0. The number of amides is 2. The lowest BCUT2D eigenvalue weighted by atomic mass is 9.80. The van der Waals surface area contributed by atoms with Crippen molar-refractivity contribution < 1.29 is 47.9 Å². The molecule has 51 heavy (non-hydrogen) atoms. The Morgan fingerprint density at radius 3 is 2.20 bits per heavy atom. The molecule has 2 heterocycles. The summed E-state index contributed by atoms with van der Waals surface area (Å²) in [6.45, 7) is 9.64. The van der Waals surface area contributed by atoms with Crippen LogP contribution in [0.25, 0.3) is 0 Å². The fourth-order valence-corrected chi connectivity index (χ4v) is 7.16. The van der Waals surface area contributed by atoms with E-state index in [0.717, 1.165) is 31.4 Å². The molecule has 0 aromatic heterocycles. The highest BCUT2D eigenvalue weighted by molar-refractivity contribution is 6.01. The number of nitrogens with one attached hydrogen (secondary N) is 1. The Hall–Kier alpha value is -3.65. The van der Waals surface area contributed by atoms with E-state index in [-0.39, 0.29) is 36.4 Å². The second kappa shape index (κ2) is 17.2. The van der Waals surface area contributed by atoms with Gasteiger partial charge in [0.25, 0.3) is 5.91 Å². The van der Waals surface area contributed by atoms with E-state index in [1.165, 1.54) is 46.8 Å². The number of rotatable bonds is 7. The normalized spacial score (nSPS) is 24.3. The maximum atomic E-state index is 14.6. The molecule has 2 amide bonds. The second-order valence-electron chi connectivity index (χ2n) is 13.9. The number of aliphatic hydroxyl groups is 2. The smallest absolute Gasteiger partial charge is 0.407 e. The summed E-state index contributed by atoms with van der Waals surface area (Å²) in [7, 11) is 0. The quantitative estimate of drug-likeness (QED) is 0.0986. The highest BCUT2D eigenvalue weighted by Crippen LogP contribution is 2.38. The number of aryl methyl sites for hydroxylation is 1. The summed E-state index contributed by atoms with van der Waals surface area (Å²) < 4.78 is 42.9. The fourth-order valence-electron chi connectivity index (χ4n) is 7.16. The molecule has 10 nitrogen and oxygen atoms in total. The van der Waals surface area contributed by atoms with Gasteiger partial charge >= 0.3 is 6.09 Å². The monoisotopic (exact) mass is 719 g/mol. The molecule has 2 aromatic rings. The van der Waals surface area contributed by atoms with Crippen molar-refractivity contribution in [3.8, 4) is 0 Å². The molecule has 3 fully saturated rings. The summed E-state index contributed by atoms with van der Waals surface area (Å²) in [5.74, 6) is -5.05. The first kappa shape index (κ1) is 40.1. The van der Waals surface area contributed by atoms with Crippen LogP contribution in [0.1, 0.15) is 101 Å². The van der Waals surface area contributed by atoms with Gasteiger partial charge in [-0.25, -0.2) is 22.9 Å². The van der Waals surface area contributed by atoms with E-state index >= 15 is 0 Å². The Kier molecular flexibility index (Phi) is 13.6. The molecule has 282 valence electrons. The number of carbonyl (C=O) groups excluding carboxylic acids is 1. The van der Waals surface area contributed by atoms with Crippen LogP contribution in [0.15, 0.2) is 42.0 Å². The van der Waals surface area contributed by atoms with Gasteiger partial charge in [-0.3, -0.25) is 4.79 Å². The molecule has 3 atom stereocenters. The average molecular weight is 720 g/mol. The van der Waals surface area contributed by atoms with E-state index in [0.29, 0.717) is 31.4 Å². The van der Waals surface area contributed by atoms with Crippen molar-refractivity contribution in [2.75, 3.05) is 25.0 Å². The molecule has 4 aliphatic rings. The first-order valence-corrected chi connectivity index (χ1v) is 18.0. The maximum absolute atomic E-state index is 14.6. The number of hydrogen-bond donors (Lipinski definition) is 4. The first-order valence-electron chi connectivity index (χ1n) is 18.0. The van der Waals surface area contributed by atoms with E-state index < -0.39 is 52.6 Å². The number of benzene rings is 2. The highest BCUT2D eigenvalue weighted by atomic mass is 19.2. The molecule has 2 aliphatic heterocycles. The molecular weight excluding hydrogens is 667 g/mol. The molecule has 0 spiro atoms. The molecule has 2 saturated heterocycles. The first-order chi connectivity index (χ1) is 24.2. The van der Waals surface area contributed by atoms with Gasteiger partial charge in [0, 0.05) is 18.9 Å². The predicted molar refractivity (Wildman–Crippen MR) is 187 cm³/mol. The summed E-state index contributed by atoms with van der Waals surface area (Å²) in [6, 6.07) is 5.40. The van der Waals surface area contributed by atoms with Crippen molar-refractivity contribution in [3.63, 3.8) is 0 Å². The third-order valence-corrected chi connectivity index (χ3v) is 9.95. The van der Waals surface area contributed by atoms with Crippen LogP contribution in [0.3, 0.4) is 0 Å². The Morgan fingerprint density at radius 2 is 1.59 bits per heavy atom. The van der Waals surface area contributed by atoms with Gasteiger partial charge in [0.2, 0.25) is 5.79 Å². The minimum Gasteiger partial charge on any atom is -0.465 e. The van der Waals surface area contributed by atoms with Gasteiger partial charge in [0.1, 0.15) is 11.4 Å². The van der Waals surface area contributed by atoms with Crippen LogP contribution in [0.4, 0.5) is 29.3 Å². The van der Waals surface area contributed by atoms with Gasteiger partial charge in [0.15, 0.2) is 11.6 Å². The van der Waals surface area contributed by atoms with Crippen molar-refractivity contribution in [2.24, 2.45) is 5.92 Å². The molecule has 1 saturated carbocycles. The van der Waals surface area contributed by atoms with Crippen LogP contribution in [-0.4, -0.2) is 80.3 Å². The van der Waals surface area contributed by atoms with Crippen molar-refractivity contribution in [3.05, 3.63) is 70.6 Å². The van der Waals surface area contributed by atoms with Gasteiger partial charge in [-0.2, -0.15) is 4.89 Å². The van der Waals surface area contributed by atoms with Crippen molar-refractivity contribution in [1.82, 2.24) is 9.80 Å². The lowest BCUT2D eigenvalue weighted by Gasteiger charge is -2.54. The summed E-state index contributed by atoms with van der Waals surface area (Å²) in [4.78, 5) is 37.8. The van der Waals surface area contributed by atoms with E-state index in [2.05, 4.69) is 5.32 Å². The van der Waals surface area contributed by atoms with Gasteiger partial charge in [-0.15, -0.1) is 0 Å². The zero-order valence-electron chi connectivity index (χ0n) is 30.2. The van der Waals surface area contributed by atoms with Crippen LogP contribution in [0, 0.1) is 30.3 Å². The summed E-state index contributed by atoms with van der Waals surface area (Å²) in [6.07, 6.45) is 9.37. The number of nitrogens with zero attached hydrogens (tertiary/aromatic N) is 2. The van der Waals surface area contributed by atoms with Crippen molar-refractivity contribution in [1.29, 1.82) is 0 Å². The number of halogens is 3. The lowest BCUT2D eigenvalue weighted by molar-refractivity contribution is -0.444. The molecule has 4 N–H and O–H groups in total. The summed E-state index contributed by atoms with van der Waals surface area (Å²) in [5.41, 5.74) is -0.491. The number of hydrogen-bond acceptors (Lipinski definition) is 7. The number of carbonyl (C=O) groups is 2. The SMILES string of the molecule is CC.CC1=CC(C)C(O)(OOC2CCCCC2)C1.Cc1ccc(Nc2c(C(=O)N3CC(O)(C4CCCCN4C(=O)O)C3)ccc(F)c2F)c(F)c1. The zero-order valence-corrected chi connectivity index (χ0v) is 30.2. The van der Waals surface area contributed by atoms with Gasteiger partial charge < -0.3 is 30.4 Å². The number of likely N-dealkylation sites (tertiary alicyclic amines) is 2. The van der Waals surface area contributed by atoms with Crippen LogP contribution >= 0.6 is 0 Å². The van der Waals surface area contributed by atoms with E-state index in [1.54, 1.807) is 13.0 Å². The van der Waals surface area contributed by atoms with Crippen LogP contribution in [0.5, 0.6) is 0 Å². The third kappa shape index (κ3) is 9.43. The molecule has 0 radical (unpaired) electrons. The number of piperidine rings is 1.